The summed E-state index contributed by atoms with van der Waals surface area (Å²) >= 11 is 6.03. The number of halogens is 1. The molecule has 2 N–H and O–H groups in total. The number of rotatable bonds is 7. The molecule has 2 rings (SSSR count). The molecule has 2 amide bonds. The first-order valence-electron chi connectivity index (χ1n) is 8.52. The summed E-state index contributed by atoms with van der Waals surface area (Å²) in [6, 6.07) is 12.4. The van der Waals surface area contributed by atoms with Crippen molar-refractivity contribution >= 4 is 35.0 Å². The number of amides is 2. The van der Waals surface area contributed by atoms with Crippen molar-refractivity contribution in [2.24, 2.45) is 5.10 Å². The van der Waals surface area contributed by atoms with Gasteiger partial charge in [-0.25, -0.2) is 10.2 Å². The highest BCUT2D eigenvalue weighted by atomic mass is 35.5. The molecule has 0 atom stereocenters. The molecule has 0 spiro atoms. The Morgan fingerprint density at radius 3 is 2.50 bits per heavy atom. The standard InChI is InChI=1S/C20H22ClN3O4/c1-13-4-7-16(11-18(13)21)22-19(25)10-14(2)23-24-20(26)28-12-15-5-8-17(27-3)9-6-15/h4-9,11H,10,12H2,1-3H3,(H,22,25)(H,24,26)/b23-14+. The van der Waals surface area contributed by atoms with E-state index in [0.717, 1.165) is 16.9 Å². The molecule has 0 saturated carbocycles. The van der Waals surface area contributed by atoms with Gasteiger partial charge in [0.1, 0.15) is 12.4 Å². The van der Waals surface area contributed by atoms with Crippen LogP contribution in [0.4, 0.5) is 10.5 Å². The highest BCUT2D eigenvalue weighted by molar-refractivity contribution is 6.31. The first-order chi connectivity index (χ1) is 13.4. The lowest BCUT2D eigenvalue weighted by Gasteiger charge is -2.07. The summed E-state index contributed by atoms with van der Waals surface area (Å²) < 4.78 is 10.1. The Hall–Kier alpha value is -3.06. The molecule has 7 nitrogen and oxygen atoms in total. The highest BCUT2D eigenvalue weighted by Gasteiger charge is 2.07. The Morgan fingerprint density at radius 1 is 1.14 bits per heavy atom. The molecule has 0 fully saturated rings. The van der Waals surface area contributed by atoms with Crippen molar-refractivity contribution in [1.82, 2.24) is 5.43 Å². The van der Waals surface area contributed by atoms with Gasteiger partial charge in [0, 0.05) is 16.4 Å². The summed E-state index contributed by atoms with van der Waals surface area (Å²) in [6.45, 7) is 3.61. The number of carbonyl (C=O) groups excluding carboxylic acids is 2. The van der Waals surface area contributed by atoms with Crippen molar-refractivity contribution in [3.63, 3.8) is 0 Å². The molecule has 0 radical (unpaired) electrons. The van der Waals surface area contributed by atoms with Crippen LogP contribution in [0.25, 0.3) is 0 Å². The second kappa shape index (κ2) is 10.3. The van der Waals surface area contributed by atoms with Crippen LogP contribution in [-0.4, -0.2) is 24.8 Å². The summed E-state index contributed by atoms with van der Waals surface area (Å²) in [5.41, 5.74) is 5.03. The van der Waals surface area contributed by atoms with E-state index in [2.05, 4.69) is 15.8 Å². The zero-order valence-corrected chi connectivity index (χ0v) is 16.7. The van der Waals surface area contributed by atoms with E-state index in [1.165, 1.54) is 0 Å². The van der Waals surface area contributed by atoms with Gasteiger partial charge in [-0.05, 0) is 49.2 Å². The number of benzene rings is 2. The number of hydrazone groups is 1. The zero-order chi connectivity index (χ0) is 20.5. The Labute approximate surface area is 168 Å². The van der Waals surface area contributed by atoms with Gasteiger partial charge in [0.15, 0.2) is 0 Å². The number of nitrogens with zero attached hydrogens (tertiary/aromatic N) is 1. The number of carbonyl (C=O) groups is 2. The number of anilines is 1. The molecule has 0 saturated heterocycles. The molecular weight excluding hydrogens is 382 g/mol. The van der Waals surface area contributed by atoms with Gasteiger partial charge in [-0.1, -0.05) is 29.8 Å². The van der Waals surface area contributed by atoms with Gasteiger partial charge in [-0.3, -0.25) is 4.79 Å². The molecule has 2 aromatic carbocycles. The number of aryl methyl sites for hydroxylation is 1. The average Bonchev–Trinajstić information content (AvgIpc) is 2.68. The van der Waals surface area contributed by atoms with E-state index in [1.807, 2.05) is 13.0 Å². The average molecular weight is 404 g/mol. The summed E-state index contributed by atoms with van der Waals surface area (Å²) in [5.74, 6) is 0.453. The van der Waals surface area contributed by atoms with E-state index in [9.17, 15) is 9.59 Å². The van der Waals surface area contributed by atoms with E-state index < -0.39 is 6.09 Å². The van der Waals surface area contributed by atoms with Crippen LogP contribution < -0.4 is 15.5 Å². The quantitative estimate of drug-likeness (QED) is 0.533. The molecule has 0 aliphatic heterocycles. The van der Waals surface area contributed by atoms with Crippen LogP contribution in [0, 0.1) is 6.92 Å². The summed E-state index contributed by atoms with van der Waals surface area (Å²) in [7, 11) is 1.58. The lowest BCUT2D eigenvalue weighted by atomic mass is 10.2. The third kappa shape index (κ3) is 6.92. The third-order valence-electron chi connectivity index (χ3n) is 3.74. The van der Waals surface area contributed by atoms with Gasteiger partial charge in [0.2, 0.25) is 5.91 Å². The normalized spacial score (nSPS) is 10.9. The van der Waals surface area contributed by atoms with Gasteiger partial charge in [0.05, 0.1) is 13.5 Å². The van der Waals surface area contributed by atoms with Gasteiger partial charge in [0.25, 0.3) is 0 Å². The van der Waals surface area contributed by atoms with Crippen LogP contribution in [-0.2, 0) is 16.1 Å². The molecule has 0 aliphatic rings. The van der Waals surface area contributed by atoms with Gasteiger partial charge in [-0.15, -0.1) is 0 Å². The van der Waals surface area contributed by atoms with E-state index in [4.69, 9.17) is 21.1 Å². The molecule has 0 aliphatic carbocycles. The molecule has 0 unspecified atom stereocenters. The topological polar surface area (TPSA) is 89.0 Å². The minimum atomic E-state index is -0.708. The zero-order valence-electron chi connectivity index (χ0n) is 15.9. The number of ether oxygens (including phenoxy) is 2. The Morgan fingerprint density at radius 2 is 1.86 bits per heavy atom. The fraction of sp³-hybridized carbons (Fsp3) is 0.250. The largest absolute Gasteiger partial charge is 0.497 e. The molecule has 28 heavy (non-hydrogen) atoms. The second-order valence-electron chi connectivity index (χ2n) is 6.07. The Bertz CT molecular complexity index is 866. The predicted octanol–water partition coefficient (Wildman–Crippen LogP) is 4.29. The van der Waals surface area contributed by atoms with Gasteiger partial charge >= 0.3 is 6.09 Å². The van der Waals surface area contributed by atoms with Crippen molar-refractivity contribution < 1.29 is 19.1 Å². The van der Waals surface area contributed by atoms with Crippen LogP contribution in [0.1, 0.15) is 24.5 Å². The Balaban J connectivity index is 1.76. The fourth-order valence-corrected chi connectivity index (χ4v) is 2.37. The fourth-order valence-electron chi connectivity index (χ4n) is 2.19. The van der Waals surface area contributed by atoms with Crippen LogP contribution in [0.5, 0.6) is 5.75 Å². The first-order valence-corrected chi connectivity index (χ1v) is 8.90. The lowest BCUT2D eigenvalue weighted by molar-refractivity contribution is -0.115. The highest BCUT2D eigenvalue weighted by Crippen LogP contribution is 2.20. The van der Waals surface area contributed by atoms with E-state index in [1.54, 1.807) is 50.4 Å². The SMILES string of the molecule is COc1ccc(COC(=O)N/N=C(\C)CC(=O)Nc2ccc(C)c(Cl)c2)cc1. The molecule has 0 bridgehead atoms. The molecule has 148 valence electrons. The number of nitrogens with one attached hydrogen (secondary N) is 2. The minimum Gasteiger partial charge on any atom is -0.497 e. The van der Waals surface area contributed by atoms with Crippen molar-refractivity contribution in [3.8, 4) is 5.75 Å². The van der Waals surface area contributed by atoms with Crippen molar-refractivity contribution in [2.75, 3.05) is 12.4 Å². The predicted molar refractivity (Wildman–Crippen MR) is 109 cm³/mol. The van der Waals surface area contributed by atoms with Crippen molar-refractivity contribution in [2.45, 2.75) is 26.9 Å². The molecular formula is C20H22ClN3O4. The Kier molecular flexibility index (Phi) is 7.83. The van der Waals surface area contributed by atoms with Crippen LogP contribution >= 0.6 is 11.6 Å². The number of hydrogen-bond donors (Lipinski definition) is 2. The maximum absolute atomic E-state index is 12.0. The first kappa shape index (κ1) is 21.2. The van der Waals surface area contributed by atoms with Crippen LogP contribution in [0.2, 0.25) is 5.02 Å². The summed E-state index contributed by atoms with van der Waals surface area (Å²) in [4.78, 5) is 23.7. The van der Waals surface area contributed by atoms with Gasteiger partial charge in [-0.2, -0.15) is 5.10 Å². The summed E-state index contributed by atoms with van der Waals surface area (Å²) in [5, 5.41) is 7.16. The second-order valence-corrected chi connectivity index (χ2v) is 6.48. The monoisotopic (exact) mass is 403 g/mol. The van der Waals surface area contributed by atoms with E-state index in [-0.39, 0.29) is 18.9 Å². The third-order valence-corrected chi connectivity index (χ3v) is 4.15. The van der Waals surface area contributed by atoms with Crippen LogP contribution in [0.3, 0.4) is 0 Å². The summed E-state index contributed by atoms with van der Waals surface area (Å²) in [6.07, 6.45) is -0.689. The molecule has 0 heterocycles. The van der Waals surface area contributed by atoms with Crippen molar-refractivity contribution in [3.05, 3.63) is 58.6 Å². The number of methoxy groups -OCH3 is 1. The smallest absolute Gasteiger partial charge is 0.428 e. The maximum Gasteiger partial charge on any atom is 0.428 e. The van der Waals surface area contributed by atoms with Crippen LogP contribution in [0.15, 0.2) is 47.6 Å². The maximum atomic E-state index is 12.0. The minimum absolute atomic E-state index is 0.0181. The van der Waals surface area contributed by atoms with Crippen molar-refractivity contribution in [1.29, 1.82) is 0 Å². The van der Waals surface area contributed by atoms with E-state index >= 15 is 0 Å². The number of hydrogen-bond acceptors (Lipinski definition) is 5. The van der Waals surface area contributed by atoms with Gasteiger partial charge < -0.3 is 14.8 Å². The van der Waals surface area contributed by atoms with E-state index in [0.29, 0.717) is 16.4 Å². The molecule has 8 heteroatoms. The lowest BCUT2D eigenvalue weighted by Crippen LogP contribution is -2.22. The molecule has 0 aromatic heterocycles. The molecule has 2 aromatic rings.